The molecule has 6 heteroatoms. The van der Waals surface area contributed by atoms with Gasteiger partial charge >= 0.3 is 5.69 Å². The molecule has 84 valence electrons. The number of nitrogens with zero attached hydrogens (tertiary/aromatic N) is 2. The van der Waals surface area contributed by atoms with Crippen molar-refractivity contribution in [2.45, 2.75) is 31.3 Å². The number of aromatic nitrogens is 2. The molecule has 1 aromatic rings. The molecule has 0 saturated heterocycles. The number of hydrogen-bond acceptors (Lipinski definition) is 4. The van der Waals surface area contributed by atoms with E-state index in [1.165, 1.54) is 10.8 Å². The van der Waals surface area contributed by atoms with Crippen molar-refractivity contribution in [3.8, 4) is 6.07 Å². The molecule has 1 heterocycles. The summed E-state index contributed by atoms with van der Waals surface area (Å²) < 4.78 is 1.37. The van der Waals surface area contributed by atoms with Crippen molar-refractivity contribution in [1.82, 2.24) is 9.55 Å². The van der Waals surface area contributed by atoms with Gasteiger partial charge in [-0.05, 0) is 19.3 Å². The fourth-order valence-corrected chi connectivity index (χ4v) is 2.13. The minimum atomic E-state index is -0.643. The second-order valence-electron chi connectivity index (χ2n) is 3.98. The van der Waals surface area contributed by atoms with Crippen LogP contribution in [0.1, 0.15) is 30.9 Å². The van der Waals surface area contributed by atoms with Gasteiger partial charge in [0.05, 0.1) is 6.04 Å². The van der Waals surface area contributed by atoms with Crippen LogP contribution in [0.15, 0.2) is 15.8 Å². The highest BCUT2D eigenvalue weighted by Crippen LogP contribution is 2.26. The van der Waals surface area contributed by atoms with Crippen LogP contribution in [-0.4, -0.2) is 15.6 Å². The van der Waals surface area contributed by atoms with Crippen molar-refractivity contribution in [2.24, 2.45) is 5.73 Å². The summed E-state index contributed by atoms with van der Waals surface area (Å²) >= 11 is 0. The van der Waals surface area contributed by atoms with Gasteiger partial charge in [-0.2, -0.15) is 5.26 Å². The van der Waals surface area contributed by atoms with E-state index in [2.05, 4.69) is 4.98 Å². The number of nitrogens with two attached hydrogens (primary N) is 1. The SMILES string of the molecule is N#Cc1cn([C@H]2CCC[C@H]2N)c(=O)[nH]c1=O. The second-order valence-corrected chi connectivity index (χ2v) is 3.98. The van der Waals surface area contributed by atoms with Crippen LogP contribution in [0.4, 0.5) is 0 Å². The van der Waals surface area contributed by atoms with Gasteiger partial charge in [-0.15, -0.1) is 0 Å². The van der Waals surface area contributed by atoms with Crippen LogP contribution in [-0.2, 0) is 0 Å². The molecule has 2 atom stereocenters. The molecule has 0 aliphatic heterocycles. The van der Waals surface area contributed by atoms with Crippen LogP contribution in [0.5, 0.6) is 0 Å². The molecule has 3 N–H and O–H groups in total. The number of rotatable bonds is 1. The zero-order valence-electron chi connectivity index (χ0n) is 8.64. The average Bonchev–Trinajstić information content (AvgIpc) is 2.65. The van der Waals surface area contributed by atoms with E-state index in [4.69, 9.17) is 11.0 Å². The normalized spacial score (nSPS) is 24.2. The van der Waals surface area contributed by atoms with Crippen molar-refractivity contribution in [3.05, 3.63) is 32.6 Å². The third-order valence-corrected chi connectivity index (χ3v) is 2.98. The van der Waals surface area contributed by atoms with Gasteiger partial charge in [0, 0.05) is 12.2 Å². The lowest BCUT2D eigenvalue weighted by Gasteiger charge is -2.17. The highest BCUT2D eigenvalue weighted by Gasteiger charge is 2.26. The minimum absolute atomic E-state index is 0.0568. The molecule has 0 bridgehead atoms. The van der Waals surface area contributed by atoms with Gasteiger partial charge in [-0.25, -0.2) is 4.79 Å². The summed E-state index contributed by atoms with van der Waals surface area (Å²) in [5.74, 6) is 0. The fraction of sp³-hybridized carbons (Fsp3) is 0.500. The Morgan fingerprint density at radius 3 is 2.81 bits per heavy atom. The summed E-state index contributed by atoms with van der Waals surface area (Å²) in [5, 5.41) is 8.73. The minimum Gasteiger partial charge on any atom is -0.326 e. The Kier molecular flexibility index (Phi) is 2.62. The molecule has 16 heavy (non-hydrogen) atoms. The summed E-state index contributed by atoms with van der Waals surface area (Å²) in [6.07, 6.45) is 3.92. The molecule has 6 nitrogen and oxygen atoms in total. The van der Waals surface area contributed by atoms with Crippen LogP contribution < -0.4 is 17.0 Å². The van der Waals surface area contributed by atoms with Crippen LogP contribution in [0.25, 0.3) is 0 Å². The Labute approximate surface area is 91.3 Å². The van der Waals surface area contributed by atoms with E-state index in [9.17, 15) is 9.59 Å². The highest BCUT2D eigenvalue weighted by atomic mass is 16.2. The quantitative estimate of drug-likeness (QED) is 0.663. The Bertz CT molecular complexity index is 551. The Hall–Kier alpha value is -1.87. The maximum absolute atomic E-state index is 11.6. The maximum atomic E-state index is 11.6. The first-order valence-corrected chi connectivity index (χ1v) is 5.14. The largest absolute Gasteiger partial charge is 0.328 e. The Morgan fingerprint density at radius 2 is 2.25 bits per heavy atom. The van der Waals surface area contributed by atoms with Crippen LogP contribution in [0.3, 0.4) is 0 Å². The maximum Gasteiger partial charge on any atom is 0.328 e. The first-order chi connectivity index (χ1) is 7.63. The second kappa shape index (κ2) is 3.94. The number of hydrogen-bond donors (Lipinski definition) is 2. The smallest absolute Gasteiger partial charge is 0.326 e. The van der Waals surface area contributed by atoms with E-state index in [0.29, 0.717) is 0 Å². The van der Waals surface area contributed by atoms with Gasteiger partial charge in [0.1, 0.15) is 11.6 Å². The van der Waals surface area contributed by atoms with E-state index in [1.54, 1.807) is 6.07 Å². The fourth-order valence-electron chi connectivity index (χ4n) is 2.13. The Balaban J connectivity index is 2.53. The van der Waals surface area contributed by atoms with Gasteiger partial charge in [-0.1, -0.05) is 0 Å². The van der Waals surface area contributed by atoms with Gasteiger partial charge in [-0.3, -0.25) is 14.3 Å². The lowest BCUT2D eigenvalue weighted by molar-refractivity contribution is 0.441. The third-order valence-electron chi connectivity index (χ3n) is 2.98. The lowest BCUT2D eigenvalue weighted by Crippen LogP contribution is -2.38. The Morgan fingerprint density at radius 1 is 1.50 bits per heavy atom. The molecule has 1 aliphatic carbocycles. The van der Waals surface area contributed by atoms with E-state index in [-0.39, 0.29) is 17.6 Å². The standard InChI is InChI=1S/C10H12N4O2/c11-4-6-5-14(10(16)13-9(6)15)8-3-1-2-7(8)12/h5,7-8H,1-3,12H2,(H,13,15,16)/t7-,8+/m1/s1. The van der Waals surface area contributed by atoms with Crippen molar-refractivity contribution < 1.29 is 0 Å². The molecule has 0 radical (unpaired) electrons. The zero-order valence-corrected chi connectivity index (χ0v) is 8.64. The molecule has 1 fully saturated rings. The van der Waals surface area contributed by atoms with Gasteiger partial charge < -0.3 is 5.73 Å². The highest BCUT2D eigenvalue weighted by molar-refractivity contribution is 5.22. The van der Waals surface area contributed by atoms with Gasteiger partial charge in [0.15, 0.2) is 0 Å². The van der Waals surface area contributed by atoms with Crippen LogP contribution in [0.2, 0.25) is 0 Å². The van der Waals surface area contributed by atoms with Gasteiger partial charge in [0.2, 0.25) is 0 Å². The topological polar surface area (TPSA) is 105 Å². The first-order valence-electron chi connectivity index (χ1n) is 5.14. The molecule has 1 saturated carbocycles. The number of aromatic amines is 1. The van der Waals surface area contributed by atoms with E-state index in [1.807, 2.05) is 0 Å². The van der Waals surface area contributed by atoms with Crippen molar-refractivity contribution in [2.75, 3.05) is 0 Å². The predicted octanol–water partition coefficient (Wildman–Crippen LogP) is -0.539. The molecule has 0 amide bonds. The van der Waals surface area contributed by atoms with Crippen molar-refractivity contribution >= 4 is 0 Å². The lowest BCUT2D eigenvalue weighted by atomic mass is 10.2. The number of nitrogens with one attached hydrogen (secondary N) is 1. The molecule has 0 unspecified atom stereocenters. The molecule has 0 spiro atoms. The molecule has 1 aliphatic rings. The van der Waals surface area contributed by atoms with Crippen molar-refractivity contribution in [1.29, 1.82) is 5.26 Å². The van der Waals surface area contributed by atoms with Crippen molar-refractivity contribution in [3.63, 3.8) is 0 Å². The average molecular weight is 220 g/mol. The molecule has 0 aromatic carbocycles. The predicted molar refractivity (Wildman–Crippen MR) is 56.9 cm³/mol. The third kappa shape index (κ3) is 1.66. The summed E-state index contributed by atoms with van der Waals surface area (Å²) in [7, 11) is 0. The summed E-state index contributed by atoms with van der Waals surface area (Å²) in [6, 6.07) is 1.55. The van der Waals surface area contributed by atoms with E-state index in [0.717, 1.165) is 19.3 Å². The zero-order chi connectivity index (χ0) is 11.7. The molecular formula is C10H12N4O2. The molecule has 2 rings (SSSR count). The number of H-pyrrole nitrogens is 1. The van der Waals surface area contributed by atoms with Crippen LogP contribution in [0, 0.1) is 11.3 Å². The van der Waals surface area contributed by atoms with Crippen LogP contribution >= 0.6 is 0 Å². The molecular weight excluding hydrogens is 208 g/mol. The van der Waals surface area contributed by atoms with E-state index >= 15 is 0 Å². The summed E-state index contributed by atoms with van der Waals surface area (Å²) in [6.45, 7) is 0. The number of nitriles is 1. The first kappa shape index (κ1) is 10.6. The van der Waals surface area contributed by atoms with E-state index < -0.39 is 11.2 Å². The van der Waals surface area contributed by atoms with Gasteiger partial charge in [0.25, 0.3) is 5.56 Å². The summed E-state index contributed by atoms with van der Waals surface area (Å²) in [5.41, 5.74) is 4.68. The molecule has 1 aromatic heterocycles. The monoisotopic (exact) mass is 220 g/mol. The summed E-state index contributed by atoms with van der Waals surface area (Å²) in [4.78, 5) is 24.9.